The van der Waals surface area contributed by atoms with E-state index in [0.717, 1.165) is 0 Å². The predicted molar refractivity (Wildman–Crippen MR) is 75.1 cm³/mol. The summed E-state index contributed by atoms with van der Waals surface area (Å²) < 4.78 is 95.8. The molecule has 1 heterocycles. The van der Waals surface area contributed by atoms with Crippen molar-refractivity contribution in [3.05, 3.63) is 41.2 Å². The Kier molecular flexibility index (Phi) is 3.88. The van der Waals surface area contributed by atoms with E-state index in [0.29, 0.717) is 6.42 Å². The smallest absolute Gasteiger partial charge is 0.324 e. The Morgan fingerprint density at radius 3 is 2.04 bits per heavy atom. The fraction of sp³-hybridized carbons (Fsp3) is 0.400. The molecule has 3 aliphatic rings. The van der Waals surface area contributed by atoms with Gasteiger partial charge < -0.3 is 5.11 Å². The minimum atomic E-state index is -5.65. The zero-order chi connectivity index (χ0) is 19.8. The van der Waals surface area contributed by atoms with Crippen LogP contribution >= 0.6 is 0 Å². The van der Waals surface area contributed by atoms with Crippen molar-refractivity contribution < 1.29 is 44.6 Å². The number of rotatable bonds is 3. The molecule has 0 radical (unpaired) electrons. The SMILES string of the molecule is O=C1C2C3C=CC(C3)C2C(O)N1OS(=O)(=O)c1c(F)c(F)c(F)c(F)c1F. The first-order valence-electron chi connectivity index (χ1n) is 7.71. The van der Waals surface area contributed by atoms with Crippen LogP contribution in [0.4, 0.5) is 22.0 Å². The summed E-state index contributed by atoms with van der Waals surface area (Å²) in [5, 5.41) is 10.3. The molecule has 2 bridgehead atoms. The van der Waals surface area contributed by atoms with E-state index in [2.05, 4.69) is 4.28 Å². The van der Waals surface area contributed by atoms with Crippen molar-refractivity contribution in [2.75, 3.05) is 0 Å². The van der Waals surface area contributed by atoms with Crippen molar-refractivity contribution in [1.82, 2.24) is 5.06 Å². The van der Waals surface area contributed by atoms with E-state index in [1.165, 1.54) is 0 Å². The quantitative estimate of drug-likeness (QED) is 0.354. The number of aliphatic hydroxyl groups excluding tert-OH is 1. The van der Waals surface area contributed by atoms with Gasteiger partial charge in [-0.3, -0.25) is 4.79 Å². The molecule has 6 nitrogen and oxygen atoms in total. The highest BCUT2D eigenvalue weighted by Gasteiger charge is 2.60. The maximum Gasteiger partial charge on any atom is 0.324 e. The lowest BCUT2D eigenvalue weighted by Gasteiger charge is -2.23. The van der Waals surface area contributed by atoms with Crippen LogP contribution in [0.15, 0.2) is 17.0 Å². The van der Waals surface area contributed by atoms with Crippen LogP contribution in [-0.2, 0) is 19.2 Å². The average Bonchev–Trinajstić information content (AvgIpc) is 3.28. The number of hydrogen-bond donors (Lipinski definition) is 1. The van der Waals surface area contributed by atoms with Crippen molar-refractivity contribution in [2.24, 2.45) is 23.7 Å². The fourth-order valence-electron chi connectivity index (χ4n) is 4.08. The van der Waals surface area contributed by atoms with Gasteiger partial charge in [0.25, 0.3) is 5.91 Å². The summed E-state index contributed by atoms with van der Waals surface area (Å²) >= 11 is 0. The maximum absolute atomic E-state index is 13.8. The molecule has 1 aromatic rings. The minimum Gasteiger partial charge on any atom is -0.371 e. The lowest BCUT2D eigenvalue weighted by molar-refractivity contribution is -0.181. The lowest BCUT2D eigenvalue weighted by atomic mass is 9.85. The third kappa shape index (κ3) is 2.36. The van der Waals surface area contributed by atoms with Crippen molar-refractivity contribution in [3.63, 3.8) is 0 Å². The minimum absolute atomic E-state index is 0.0227. The van der Waals surface area contributed by atoms with E-state index in [1.807, 2.05) is 0 Å². The second-order valence-electron chi connectivity index (χ2n) is 6.56. The fourth-order valence-corrected chi connectivity index (χ4v) is 5.14. The average molecular weight is 411 g/mol. The summed E-state index contributed by atoms with van der Waals surface area (Å²) in [6.45, 7) is 0. The highest BCUT2D eigenvalue weighted by Crippen LogP contribution is 2.54. The van der Waals surface area contributed by atoms with Crippen LogP contribution in [-0.4, -0.2) is 30.7 Å². The third-order valence-corrected chi connectivity index (χ3v) is 6.42. The molecule has 2 fully saturated rings. The van der Waals surface area contributed by atoms with Crippen LogP contribution in [0.25, 0.3) is 0 Å². The predicted octanol–water partition coefficient (Wildman–Crippen LogP) is 1.60. The van der Waals surface area contributed by atoms with Crippen LogP contribution in [0.1, 0.15) is 6.42 Å². The number of carbonyl (C=O) groups is 1. The molecule has 27 heavy (non-hydrogen) atoms. The first kappa shape index (κ1) is 18.3. The third-order valence-electron chi connectivity index (χ3n) is 5.21. The van der Waals surface area contributed by atoms with E-state index in [-0.39, 0.29) is 16.9 Å². The molecule has 2 aliphatic carbocycles. The Balaban J connectivity index is 1.71. The van der Waals surface area contributed by atoms with Crippen LogP contribution in [0, 0.1) is 52.8 Å². The monoisotopic (exact) mass is 411 g/mol. The Morgan fingerprint density at radius 1 is 0.963 bits per heavy atom. The van der Waals surface area contributed by atoms with E-state index in [4.69, 9.17) is 0 Å². The largest absolute Gasteiger partial charge is 0.371 e. The number of nitrogens with zero attached hydrogens (tertiary/aromatic N) is 1. The lowest BCUT2D eigenvalue weighted by Crippen LogP contribution is -2.39. The standard InChI is InChI=1S/C15H10F5NO5S/c16-8-9(17)11(19)13(12(20)10(8)18)27(24,25)26-21-14(22)6-4-1-2-5(3-4)7(6)15(21)23/h1-2,4-7,14,22H,3H2. The summed E-state index contributed by atoms with van der Waals surface area (Å²) in [6.07, 6.45) is 2.32. The zero-order valence-corrected chi connectivity index (χ0v) is 13.9. The Morgan fingerprint density at radius 2 is 1.48 bits per heavy atom. The molecule has 0 spiro atoms. The maximum atomic E-state index is 13.8. The summed E-state index contributed by atoms with van der Waals surface area (Å²) in [5.41, 5.74) is 0. The van der Waals surface area contributed by atoms with Gasteiger partial charge in [0, 0.05) is 5.92 Å². The molecule has 1 aromatic carbocycles. The number of hydroxylamine groups is 2. The van der Waals surface area contributed by atoms with Gasteiger partial charge in [0.05, 0.1) is 5.92 Å². The second kappa shape index (κ2) is 5.72. The first-order valence-corrected chi connectivity index (χ1v) is 9.12. The Labute approximate surface area is 148 Å². The Hall–Kier alpha value is -2.05. The van der Waals surface area contributed by atoms with Gasteiger partial charge >= 0.3 is 10.1 Å². The number of halogens is 5. The molecule has 4 rings (SSSR count). The number of amides is 1. The highest BCUT2D eigenvalue weighted by atomic mass is 32.2. The van der Waals surface area contributed by atoms with Gasteiger partial charge in [-0.05, 0) is 18.3 Å². The van der Waals surface area contributed by atoms with Crippen LogP contribution in [0.5, 0.6) is 0 Å². The van der Waals surface area contributed by atoms with Gasteiger partial charge in [0.1, 0.15) is 0 Å². The zero-order valence-electron chi connectivity index (χ0n) is 13.1. The van der Waals surface area contributed by atoms with Crippen molar-refractivity contribution in [3.8, 4) is 0 Å². The molecular formula is C15H10F5NO5S. The summed E-state index contributed by atoms with van der Waals surface area (Å²) in [6, 6.07) is 0. The van der Waals surface area contributed by atoms with Crippen molar-refractivity contribution in [1.29, 1.82) is 0 Å². The van der Waals surface area contributed by atoms with E-state index in [1.54, 1.807) is 12.2 Å². The van der Waals surface area contributed by atoms with Gasteiger partial charge in [-0.1, -0.05) is 12.2 Å². The van der Waals surface area contributed by atoms with Crippen LogP contribution < -0.4 is 0 Å². The summed E-state index contributed by atoms with van der Waals surface area (Å²) in [4.78, 5) is 10.2. The number of aliphatic hydroxyl groups is 1. The van der Waals surface area contributed by atoms with Gasteiger partial charge in [0.15, 0.2) is 34.4 Å². The van der Waals surface area contributed by atoms with E-state index < -0.39 is 68.1 Å². The van der Waals surface area contributed by atoms with Gasteiger partial charge in [-0.25, -0.2) is 22.0 Å². The first-order chi connectivity index (χ1) is 12.6. The highest BCUT2D eigenvalue weighted by molar-refractivity contribution is 7.86. The van der Waals surface area contributed by atoms with Crippen molar-refractivity contribution in [2.45, 2.75) is 17.5 Å². The molecule has 1 saturated heterocycles. The van der Waals surface area contributed by atoms with Gasteiger partial charge in [-0.2, -0.15) is 13.5 Å². The molecular weight excluding hydrogens is 401 g/mol. The summed E-state index contributed by atoms with van der Waals surface area (Å²) in [5.74, 6) is -15.7. The molecule has 1 saturated carbocycles. The van der Waals surface area contributed by atoms with E-state index in [9.17, 15) is 40.3 Å². The number of benzene rings is 1. The van der Waals surface area contributed by atoms with Crippen molar-refractivity contribution >= 4 is 16.0 Å². The normalized spacial score (nSPS) is 31.9. The molecule has 5 unspecified atom stereocenters. The molecule has 0 aromatic heterocycles. The van der Waals surface area contributed by atoms with Crippen LogP contribution in [0.2, 0.25) is 0 Å². The molecule has 1 amide bonds. The number of allylic oxidation sites excluding steroid dienone is 2. The van der Waals surface area contributed by atoms with Gasteiger partial charge in [-0.15, -0.1) is 4.28 Å². The number of hydrogen-bond acceptors (Lipinski definition) is 5. The second-order valence-corrected chi connectivity index (χ2v) is 8.02. The topological polar surface area (TPSA) is 83.9 Å². The van der Waals surface area contributed by atoms with Crippen LogP contribution in [0.3, 0.4) is 0 Å². The molecule has 5 atom stereocenters. The summed E-state index contributed by atoms with van der Waals surface area (Å²) in [7, 11) is -5.65. The molecule has 1 N–H and O–H groups in total. The Bertz CT molecular complexity index is 968. The van der Waals surface area contributed by atoms with E-state index >= 15 is 0 Å². The van der Waals surface area contributed by atoms with Gasteiger partial charge in [0.2, 0.25) is 5.82 Å². The molecule has 146 valence electrons. The number of fused-ring (bicyclic) bond motifs is 5. The number of carbonyl (C=O) groups excluding carboxylic acids is 1. The molecule has 12 heteroatoms. The molecule has 1 aliphatic heterocycles.